The number of carbonyl (C=O) groups excluding carboxylic acids is 1. The summed E-state index contributed by atoms with van der Waals surface area (Å²) in [5.41, 5.74) is 0. The molecule has 1 atom stereocenters. The third kappa shape index (κ3) is 6.85. The lowest BCUT2D eigenvalue weighted by molar-refractivity contribution is -0.142. The second-order valence-corrected chi connectivity index (χ2v) is 8.78. The number of carbonyl (C=O) groups is 1. The lowest BCUT2D eigenvalue weighted by atomic mass is 9.99. The van der Waals surface area contributed by atoms with Gasteiger partial charge in [-0.25, -0.2) is 0 Å². The highest BCUT2D eigenvalue weighted by atomic mass is 16.5. The molecular formula is C22H41N5O2. The van der Waals surface area contributed by atoms with Gasteiger partial charge >= 0.3 is 0 Å². The Morgan fingerprint density at radius 2 is 1.76 bits per heavy atom. The first-order chi connectivity index (χ1) is 14.2. The number of nitrogens with one attached hydrogen (secondary N) is 1. The van der Waals surface area contributed by atoms with E-state index in [1.807, 2.05) is 4.90 Å². The van der Waals surface area contributed by atoms with Crippen LogP contribution in [-0.4, -0.2) is 98.2 Å². The average molecular weight is 408 g/mol. The van der Waals surface area contributed by atoms with E-state index in [1.54, 1.807) is 0 Å². The Morgan fingerprint density at radius 3 is 2.41 bits per heavy atom. The first kappa shape index (κ1) is 22.3. The highest BCUT2D eigenvalue weighted by Gasteiger charge is 2.30. The molecule has 1 N–H and O–H groups in total. The largest absolute Gasteiger partial charge is 0.368 e. The predicted octanol–water partition coefficient (Wildman–Crippen LogP) is 1.79. The molecule has 0 aromatic carbocycles. The first-order valence-corrected chi connectivity index (χ1v) is 11.8. The van der Waals surface area contributed by atoms with Crippen molar-refractivity contribution in [3.63, 3.8) is 0 Å². The van der Waals surface area contributed by atoms with Crippen molar-refractivity contribution < 1.29 is 9.53 Å². The van der Waals surface area contributed by atoms with Crippen LogP contribution in [0.5, 0.6) is 0 Å². The van der Waals surface area contributed by atoms with E-state index >= 15 is 0 Å². The van der Waals surface area contributed by atoms with Crippen LogP contribution >= 0.6 is 0 Å². The van der Waals surface area contributed by atoms with Crippen molar-refractivity contribution >= 4 is 11.9 Å². The minimum Gasteiger partial charge on any atom is -0.368 e. The molecule has 7 nitrogen and oxygen atoms in total. The van der Waals surface area contributed by atoms with E-state index in [0.29, 0.717) is 0 Å². The van der Waals surface area contributed by atoms with Gasteiger partial charge in [0.25, 0.3) is 5.91 Å². The zero-order valence-electron chi connectivity index (χ0n) is 18.6. The van der Waals surface area contributed by atoms with Gasteiger partial charge < -0.3 is 24.8 Å². The van der Waals surface area contributed by atoms with Crippen molar-refractivity contribution in [1.82, 2.24) is 20.0 Å². The van der Waals surface area contributed by atoms with Crippen molar-refractivity contribution in [2.75, 3.05) is 65.5 Å². The van der Waals surface area contributed by atoms with Gasteiger partial charge in [0.2, 0.25) is 0 Å². The number of hydrogen-bond acceptors (Lipinski definition) is 4. The van der Waals surface area contributed by atoms with Gasteiger partial charge in [-0.3, -0.25) is 9.79 Å². The average Bonchev–Trinajstić information content (AvgIpc) is 3.29. The summed E-state index contributed by atoms with van der Waals surface area (Å²) in [5, 5.41) is 3.43. The number of piperazine rings is 1. The number of aliphatic imine (C=N–C) groups is 1. The third-order valence-electron chi connectivity index (χ3n) is 6.45. The van der Waals surface area contributed by atoms with Gasteiger partial charge in [0.05, 0.1) is 0 Å². The van der Waals surface area contributed by atoms with Gasteiger partial charge in [-0.15, -0.1) is 0 Å². The summed E-state index contributed by atoms with van der Waals surface area (Å²) in [5.74, 6) is 2.08. The monoisotopic (exact) mass is 407 g/mol. The van der Waals surface area contributed by atoms with Crippen LogP contribution in [0, 0.1) is 5.92 Å². The number of amides is 1. The fourth-order valence-electron chi connectivity index (χ4n) is 4.46. The molecule has 3 aliphatic rings. The summed E-state index contributed by atoms with van der Waals surface area (Å²) >= 11 is 0. The van der Waals surface area contributed by atoms with Crippen LogP contribution in [0.25, 0.3) is 0 Å². The van der Waals surface area contributed by atoms with Crippen molar-refractivity contribution in [3.05, 3.63) is 0 Å². The number of guanidine groups is 1. The van der Waals surface area contributed by atoms with E-state index in [4.69, 9.17) is 9.73 Å². The van der Waals surface area contributed by atoms with Crippen LogP contribution in [0.3, 0.4) is 0 Å². The number of piperidine rings is 1. The topological polar surface area (TPSA) is 60.4 Å². The molecule has 0 radical (unpaired) electrons. The molecule has 166 valence electrons. The first-order valence-electron chi connectivity index (χ1n) is 11.8. The fourth-order valence-corrected chi connectivity index (χ4v) is 4.46. The molecule has 0 saturated carbocycles. The zero-order valence-corrected chi connectivity index (χ0v) is 18.6. The number of hydrogen-bond donors (Lipinski definition) is 1. The Balaban J connectivity index is 1.37. The summed E-state index contributed by atoms with van der Waals surface area (Å²) in [6, 6.07) is 0. The third-order valence-corrected chi connectivity index (χ3v) is 6.45. The zero-order chi connectivity index (χ0) is 20.5. The number of ether oxygens (including phenoxy) is 1. The number of unbranched alkanes of at least 4 members (excludes halogenated alkanes) is 1. The Labute approximate surface area is 176 Å². The molecule has 0 aromatic rings. The van der Waals surface area contributed by atoms with Crippen molar-refractivity contribution in [3.8, 4) is 0 Å². The van der Waals surface area contributed by atoms with Crippen molar-refractivity contribution in [2.24, 2.45) is 10.9 Å². The summed E-state index contributed by atoms with van der Waals surface area (Å²) in [7, 11) is 0. The van der Waals surface area contributed by atoms with E-state index in [9.17, 15) is 4.79 Å². The normalized spacial score (nSPS) is 24.9. The van der Waals surface area contributed by atoms with E-state index in [1.165, 1.54) is 38.9 Å². The van der Waals surface area contributed by atoms with Crippen LogP contribution in [0.2, 0.25) is 0 Å². The maximum absolute atomic E-state index is 12.5. The van der Waals surface area contributed by atoms with Gasteiger partial charge in [0.15, 0.2) is 5.96 Å². The second-order valence-electron chi connectivity index (χ2n) is 8.78. The summed E-state index contributed by atoms with van der Waals surface area (Å²) in [6.45, 7) is 13.9. The van der Waals surface area contributed by atoms with Gasteiger partial charge in [-0.1, -0.05) is 6.92 Å². The molecule has 29 heavy (non-hydrogen) atoms. The molecule has 1 unspecified atom stereocenters. The van der Waals surface area contributed by atoms with Crippen molar-refractivity contribution in [2.45, 2.75) is 58.5 Å². The molecule has 0 aliphatic carbocycles. The summed E-state index contributed by atoms with van der Waals surface area (Å²) < 4.78 is 5.56. The van der Waals surface area contributed by atoms with Gasteiger partial charge in [0.1, 0.15) is 6.10 Å². The number of nitrogens with zero attached hydrogens (tertiary/aromatic N) is 4. The molecule has 0 aromatic heterocycles. The Kier molecular flexibility index (Phi) is 9.05. The summed E-state index contributed by atoms with van der Waals surface area (Å²) in [6.07, 6.45) is 6.74. The Bertz CT molecular complexity index is 519. The standard InChI is InChI=1S/C22H41N5O2/c1-3-23-22(24-10-4-5-11-25-12-8-19(2)9-13-25)27-16-14-26(15-17-27)21(28)20-7-6-18-29-20/h19-20H,3-18H2,1-2H3,(H,23,24). The molecule has 3 saturated heterocycles. The number of likely N-dealkylation sites (tertiary alicyclic amines) is 1. The molecule has 0 spiro atoms. The van der Waals surface area contributed by atoms with Crippen LogP contribution in [0.1, 0.15) is 52.4 Å². The van der Waals surface area contributed by atoms with E-state index in [2.05, 4.69) is 29.0 Å². The lowest BCUT2D eigenvalue weighted by Gasteiger charge is -2.37. The minimum absolute atomic E-state index is 0.177. The van der Waals surface area contributed by atoms with E-state index < -0.39 is 0 Å². The quantitative estimate of drug-likeness (QED) is 0.396. The molecule has 3 rings (SSSR count). The van der Waals surface area contributed by atoms with E-state index in [-0.39, 0.29) is 12.0 Å². The fraction of sp³-hybridized carbons (Fsp3) is 0.909. The van der Waals surface area contributed by atoms with Gasteiger partial charge in [0, 0.05) is 45.9 Å². The van der Waals surface area contributed by atoms with Crippen LogP contribution in [-0.2, 0) is 9.53 Å². The highest BCUT2D eigenvalue weighted by molar-refractivity contribution is 5.82. The molecule has 7 heteroatoms. The second kappa shape index (κ2) is 11.7. The van der Waals surface area contributed by atoms with Crippen LogP contribution in [0.15, 0.2) is 4.99 Å². The number of rotatable bonds is 7. The minimum atomic E-state index is -0.202. The molecule has 0 bridgehead atoms. The maximum atomic E-state index is 12.5. The van der Waals surface area contributed by atoms with Gasteiger partial charge in [-0.05, 0) is 71.0 Å². The Morgan fingerprint density at radius 1 is 1.03 bits per heavy atom. The molecule has 3 heterocycles. The van der Waals surface area contributed by atoms with Crippen LogP contribution < -0.4 is 5.32 Å². The predicted molar refractivity (Wildman–Crippen MR) is 117 cm³/mol. The Hall–Kier alpha value is -1.34. The highest BCUT2D eigenvalue weighted by Crippen LogP contribution is 2.17. The van der Waals surface area contributed by atoms with Crippen molar-refractivity contribution in [1.29, 1.82) is 0 Å². The SMILES string of the molecule is CCNC(=NCCCCN1CCC(C)CC1)N1CCN(C(=O)C2CCCO2)CC1. The summed E-state index contributed by atoms with van der Waals surface area (Å²) in [4.78, 5) is 24.3. The lowest BCUT2D eigenvalue weighted by Crippen LogP contribution is -2.55. The molecule has 3 aliphatic heterocycles. The smallest absolute Gasteiger partial charge is 0.251 e. The maximum Gasteiger partial charge on any atom is 0.251 e. The molecule has 3 fully saturated rings. The van der Waals surface area contributed by atoms with Crippen LogP contribution in [0.4, 0.5) is 0 Å². The molecular weight excluding hydrogens is 366 g/mol. The molecule has 1 amide bonds. The van der Waals surface area contributed by atoms with E-state index in [0.717, 1.165) is 77.0 Å². The van der Waals surface area contributed by atoms with Gasteiger partial charge in [-0.2, -0.15) is 0 Å².